The summed E-state index contributed by atoms with van der Waals surface area (Å²) in [4.78, 5) is 157. The molecule has 2 fully saturated rings. The van der Waals surface area contributed by atoms with Crippen molar-refractivity contribution in [1.29, 1.82) is 0 Å². The summed E-state index contributed by atoms with van der Waals surface area (Å²) >= 11 is 0. The van der Waals surface area contributed by atoms with E-state index in [1.165, 1.54) is 24.3 Å². The van der Waals surface area contributed by atoms with Gasteiger partial charge in [-0.15, -0.1) is 0 Å². The predicted molar refractivity (Wildman–Crippen MR) is 262 cm³/mol. The molecule has 1 aromatic rings. The minimum atomic E-state index is -1.76. The largest absolute Gasteiger partial charge is 0.508 e. The topological polar surface area (TPSA) is 411 Å². The molecule has 25 nitrogen and oxygen atoms in total. The van der Waals surface area contributed by atoms with Crippen LogP contribution in [0.4, 0.5) is 0 Å². The smallest absolute Gasteiger partial charge is 0.244 e. The Hall–Kier alpha value is -7.34. The van der Waals surface area contributed by atoms with Crippen molar-refractivity contribution in [1.82, 2.24) is 47.9 Å². The van der Waals surface area contributed by atoms with Crippen LogP contribution in [0.15, 0.2) is 24.3 Å². The maximum Gasteiger partial charge on any atom is 0.244 e. The van der Waals surface area contributed by atoms with Crippen LogP contribution in [-0.2, 0) is 64.0 Å². The van der Waals surface area contributed by atoms with Crippen LogP contribution in [0, 0.1) is 11.8 Å². The Morgan fingerprint density at radius 1 is 0.699 bits per heavy atom. The maximum atomic E-state index is 14.0. The third-order valence-electron chi connectivity index (χ3n) is 12.6. The number of nitrogens with one attached hydrogen (secondary N) is 9. The van der Waals surface area contributed by atoms with E-state index in [0.717, 1.165) is 32.1 Å². The van der Waals surface area contributed by atoms with Crippen molar-refractivity contribution < 1.29 is 62.6 Å². The molecule has 0 bridgehead atoms. The molecular formula is C48H74N12O13. The molecular weight excluding hydrogens is 953 g/mol. The number of hydrogen-bond acceptors (Lipinski definition) is 13. The first-order chi connectivity index (χ1) is 34.6. The van der Waals surface area contributed by atoms with Crippen molar-refractivity contribution in [2.75, 3.05) is 19.6 Å². The van der Waals surface area contributed by atoms with Gasteiger partial charge in [0.1, 0.15) is 42.0 Å². The highest BCUT2D eigenvalue weighted by atomic mass is 16.3. The molecule has 0 unspecified atom stereocenters. The number of primary amides is 3. The lowest BCUT2D eigenvalue weighted by molar-refractivity contribution is -0.136. The quantitative estimate of drug-likeness (QED) is 0.0523. The van der Waals surface area contributed by atoms with Crippen LogP contribution in [0.3, 0.4) is 0 Å². The van der Waals surface area contributed by atoms with Crippen LogP contribution in [0.5, 0.6) is 5.75 Å². The van der Waals surface area contributed by atoms with Crippen molar-refractivity contribution >= 4 is 70.9 Å². The summed E-state index contributed by atoms with van der Waals surface area (Å²) in [5.41, 5.74) is 16.5. The highest BCUT2D eigenvalue weighted by molar-refractivity contribution is 5.98. The Kier molecular flexibility index (Phi) is 25.6. The van der Waals surface area contributed by atoms with Crippen LogP contribution >= 0.6 is 0 Å². The molecule has 0 spiro atoms. The Morgan fingerprint density at radius 2 is 1.34 bits per heavy atom. The van der Waals surface area contributed by atoms with Gasteiger partial charge in [0.25, 0.3) is 0 Å². The molecule has 1 saturated heterocycles. The zero-order chi connectivity index (χ0) is 54.0. The number of nitrogens with two attached hydrogens (primary N) is 3. The Labute approximate surface area is 423 Å². The molecule has 12 amide bonds. The summed E-state index contributed by atoms with van der Waals surface area (Å²) in [7, 11) is 0. The second-order valence-electron chi connectivity index (χ2n) is 18.7. The van der Waals surface area contributed by atoms with Gasteiger partial charge in [-0.3, -0.25) is 57.5 Å². The van der Waals surface area contributed by atoms with Crippen molar-refractivity contribution in [2.45, 2.75) is 159 Å². The molecule has 2 aliphatic rings. The van der Waals surface area contributed by atoms with Gasteiger partial charge in [0.05, 0.1) is 13.0 Å². The van der Waals surface area contributed by atoms with E-state index < -0.39 is 146 Å². The van der Waals surface area contributed by atoms with Gasteiger partial charge in [0.2, 0.25) is 70.9 Å². The number of hydrogen-bond donors (Lipinski definition) is 13. The zero-order valence-electron chi connectivity index (χ0n) is 41.6. The highest BCUT2D eigenvalue weighted by Crippen LogP contribution is 2.27. The van der Waals surface area contributed by atoms with Gasteiger partial charge in [-0.2, -0.15) is 0 Å². The summed E-state index contributed by atoms with van der Waals surface area (Å²) in [5.74, 6) is -10.1. The summed E-state index contributed by atoms with van der Waals surface area (Å²) in [6.45, 7) is 2.49. The second kappa shape index (κ2) is 31.2. The van der Waals surface area contributed by atoms with Gasteiger partial charge in [-0.1, -0.05) is 70.9 Å². The molecule has 73 heavy (non-hydrogen) atoms. The first-order valence-electron chi connectivity index (χ1n) is 24.9. The molecule has 1 aromatic carbocycles. The minimum absolute atomic E-state index is 0.0278. The van der Waals surface area contributed by atoms with Crippen molar-refractivity contribution in [3.8, 4) is 5.75 Å². The molecule has 0 radical (unpaired) electrons. The maximum absolute atomic E-state index is 14.0. The fourth-order valence-corrected chi connectivity index (χ4v) is 8.29. The Morgan fingerprint density at radius 3 is 1.99 bits per heavy atom. The van der Waals surface area contributed by atoms with E-state index in [0.29, 0.717) is 37.7 Å². The molecule has 0 aromatic heterocycles. The first kappa shape index (κ1) is 60.0. The van der Waals surface area contributed by atoms with E-state index in [2.05, 4.69) is 47.9 Å². The summed E-state index contributed by atoms with van der Waals surface area (Å²) < 4.78 is 0. The lowest BCUT2D eigenvalue weighted by Gasteiger charge is -2.29. The van der Waals surface area contributed by atoms with E-state index in [-0.39, 0.29) is 43.5 Å². The number of phenolic OH excluding ortho intramolecular Hbond substituents is 1. The standard InChI is InChI=1S/C48H74N12O13/c1-3-27(2)42-48(73)57-31(17-18-36(49)62)45(70)58-34(24-37(50)63)46(71)59-35(25-53-39(65)19-20-41(67)56-33(47(72)60-42)23-29-13-15-30(61)16-14-29)44(69)52-21-9-5-8-12-40(66)55-32(43(68)54-26-38(51)64)22-28-10-6-4-7-11-28/h13-16,27-28,31-35,42,61H,3-12,17-26H2,1-2H3,(H2,49,62)(H2,50,63)(H2,51,64)(H,52,69)(H,53,65)(H,54,68)(H,55,66)(H,56,67)(H,57,73)(H,58,70)(H,59,71)(H,60,72)/t27-,31-,32-,33-,34-,35-,42-/m0/s1. The van der Waals surface area contributed by atoms with Crippen LogP contribution < -0.4 is 65.1 Å². The van der Waals surface area contributed by atoms with Crippen LogP contribution in [0.1, 0.15) is 122 Å². The van der Waals surface area contributed by atoms with E-state index in [9.17, 15) is 62.6 Å². The Bertz CT molecular complexity index is 2120. The number of unbranched alkanes of at least 4 members (excludes halogenated alkanes) is 2. The molecule has 3 rings (SSSR count). The molecule has 1 heterocycles. The van der Waals surface area contributed by atoms with E-state index in [4.69, 9.17) is 17.2 Å². The second-order valence-corrected chi connectivity index (χ2v) is 18.7. The van der Waals surface area contributed by atoms with Crippen molar-refractivity contribution in [3.05, 3.63) is 29.8 Å². The third kappa shape index (κ3) is 22.7. The first-order valence-corrected chi connectivity index (χ1v) is 24.9. The average molecular weight is 1030 g/mol. The van der Waals surface area contributed by atoms with Gasteiger partial charge in [0, 0.05) is 45.2 Å². The molecule has 7 atom stereocenters. The number of amides is 12. The lowest BCUT2D eigenvalue weighted by Crippen LogP contribution is -2.61. The average Bonchev–Trinajstić information content (AvgIpc) is 3.34. The minimum Gasteiger partial charge on any atom is -0.508 e. The normalized spacial score (nSPS) is 21.8. The fourth-order valence-electron chi connectivity index (χ4n) is 8.29. The molecule has 16 N–H and O–H groups in total. The SMILES string of the molecule is CC[C@H](C)[C@@H]1NC(=O)[C@H](Cc2ccc(O)cc2)NC(=O)CCC(=O)NC[C@@H](C(=O)NCCCCCC(=O)N[C@@H](CC2CCCCC2)C(=O)NCC(N)=O)NC(=O)[C@H](CC(N)=O)NC(=O)[C@H](CCC(N)=O)NC1=O. The van der Waals surface area contributed by atoms with E-state index >= 15 is 0 Å². The Balaban J connectivity index is 1.81. The van der Waals surface area contributed by atoms with Gasteiger partial charge < -0.3 is 70.2 Å². The molecule has 1 aliphatic heterocycles. The number of rotatable bonds is 22. The zero-order valence-corrected chi connectivity index (χ0v) is 41.6. The number of benzene rings is 1. The van der Waals surface area contributed by atoms with Crippen LogP contribution in [-0.4, -0.2) is 132 Å². The molecule has 25 heteroatoms. The van der Waals surface area contributed by atoms with Crippen molar-refractivity contribution in [2.24, 2.45) is 29.0 Å². The predicted octanol–water partition coefficient (Wildman–Crippen LogP) is -2.81. The number of carbonyl (C=O) groups excluding carboxylic acids is 12. The van der Waals surface area contributed by atoms with Gasteiger partial charge in [-0.25, -0.2) is 0 Å². The van der Waals surface area contributed by atoms with E-state index in [1.807, 2.05) is 0 Å². The molecule has 404 valence electrons. The van der Waals surface area contributed by atoms with Crippen LogP contribution in [0.25, 0.3) is 0 Å². The number of carbonyl (C=O) groups is 12. The van der Waals surface area contributed by atoms with Crippen molar-refractivity contribution in [3.63, 3.8) is 0 Å². The third-order valence-corrected chi connectivity index (χ3v) is 12.6. The lowest BCUT2D eigenvalue weighted by atomic mass is 9.84. The molecule has 1 aliphatic carbocycles. The molecule has 1 saturated carbocycles. The van der Waals surface area contributed by atoms with Gasteiger partial charge >= 0.3 is 0 Å². The number of aromatic hydroxyl groups is 1. The van der Waals surface area contributed by atoms with Gasteiger partial charge in [-0.05, 0) is 55.2 Å². The van der Waals surface area contributed by atoms with Gasteiger partial charge in [0.15, 0.2) is 0 Å². The van der Waals surface area contributed by atoms with Crippen LogP contribution in [0.2, 0.25) is 0 Å². The monoisotopic (exact) mass is 1030 g/mol. The summed E-state index contributed by atoms with van der Waals surface area (Å²) in [5, 5.41) is 32.7. The summed E-state index contributed by atoms with van der Waals surface area (Å²) in [6, 6.07) is -2.57. The fraction of sp³-hybridized carbons (Fsp3) is 0.625. The summed E-state index contributed by atoms with van der Waals surface area (Å²) in [6.07, 6.45) is 4.31. The number of phenols is 1. The van der Waals surface area contributed by atoms with E-state index in [1.54, 1.807) is 13.8 Å². The highest BCUT2D eigenvalue weighted by Gasteiger charge is 2.35.